The lowest BCUT2D eigenvalue weighted by Crippen LogP contribution is -2.52. The number of piperidine rings is 1. The number of nitrogens with zero attached hydrogens (tertiary/aromatic N) is 3. The minimum atomic E-state index is -0.425. The number of halogens is 2. The second-order valence-electron chi connectivity index (χ2n) is 7.72. The zero-order chi connectivity index (χ0) is 19.0. The zero-order valence-electron chi connectivity index (χ0n) is 15.4. The maximum atomic E-state index is 13.9. The summed E-state index contributed by atoms with van der Waals surface area (Å²) in [6.07, 6.45) is 6.01. The van der Waals surface area contributed by atoms with E-state index in [9.17, 15) is 9.18 Å². The van der Waals surface area contributed by atoms with Gasteiger partial charge in [0.25, 0.3) is 0 Å². The van der Waals surface area contributed by atoms with Gasteiger partial charge in [0.05, 0.1) is 13.0 Å². The van der Waals surface area contributed by atoms with Crippen LogP contribution in [0.2, 0.25) is 5.02 Å². The first-order valence-electron chi connectivity index (χ1n) is 9.42. The van der Waals surface area contributed by atoms with Crippen LogP contribution in [0.5, 0.6) is 0 Å². The van der Waals surface area contributed by atoms with Crippen LogP contribution < -0.4 is 5.32 Å². The number of hydrogen-bond donors (Lipinski definition) is 1. The Labute approximate surface area is 163 Å². The fraction of sp³-hybridized carbons (Fsp3) is 0.500. The maximum absolute atomic E-state index is 13.9. The average Bonchev–Trinajstić information content (AvgIpc) is 3.11. The fourth-order valence-electron chi connectivity index (χ4n) is 4.53. The van der Waals surface area contributed by atoms with Crippen LogP contribution in [-0.4, -0.2) is 39.5 Å². The number of carbonyl (C=O) groups excluding carboxylic acids is 1. The van der Waals surface area contributed by atoms with E-state index in [1.165, 1.54) is 6.07 Å². The predicted octanol–water partition coefficient (Wildman–Crippen LogP) is 2.78. The van der Waals surface area contributed by atoms with Crippen molar-refractivity contribution in [1.29, 1.82) is 0 Å². The topological polar surface area (TPSA) is 50.2 Å². The number of amides is 1. The van der Waals surface area contributed by atoms with E-state index in [0.717, 1.165) is 38.3 Å². The van der Waals surface area contributed by atoms with E-state index in [2.05, 4.69) is 15.2 Å². The Morgan fingerprint density at radius 2 is 2.07 bits per heavy atom. The standard InChI is InChI=1S/C20H24ClFN4O/c1-25-8-7-23-18(25)12-26-10-13-5-6-14(11-26)20(13)24-19(27)9-15-16(21)3-2-4-17(15)22/h2-4,7-8,13-14,20H,5-6,9-12H2,1H3,(H,24,27)/t13-,14+,20?. The summed E-state index contributed by atoms with van der Waals surface area (Å²) in [6.45, 7) is 2.74. The highest BCUT2D eigenvalue weighted by Gasteiger charge is 2.42. The number of carbonyl (C=O) groups is 1. The highest BCUT2D eigenvalue weighted by molar-refractivity contribution is 6.31. The second kappa shape index (κ2) is 7.60. The van der Waals surface area contributed by atoms with Crippen molar-refractivity contribution >= 4 is 17.5 Å². The van der Waals surface area contributed by atoms with Gasteiger partial charge in [-0.25, -0.2) is 9.37 Å². The lowest BCUT2D eigenvalue weighted by molar-refractivity contribution is -0.122. The molecule has 1 amide bonds. The Kier molecular flexibility index (Phi) is 5.19. The van der Waals surface area contributed by atoms with E-state index < -0.39 is 5.82 Å². The minimum Gasteiger partial charge on any atom is -0.352 e. The van der Waals surface area contributed by atoms with Gasteiger partial charge in [-0.05, 0) is 36.8 Å². The molecule has 144 valence electrons. The van der Waals surface area contributed by atoms with Gasteiger partial charge in [-0.3, -0.25) is 9.69 Å². The molecule has 0 radical (unpaired) electrons. The van der Waals surface area contributed by atoms with Crippen LogP contribution in [0.3, 0.4) is 0 Å². The van der Waals surface area contributed by atoms with Gasteiger partial charge in [-0.2, -0.15) is 0 Å². The number of fused-ring (bicyclic) bond motifs is 2. The summed E-state index contributed by atoms with van der Waals surface area (Å²) >= 11 is 6.05. The van der Waals surface area contributed by atoms with Crippen molar-refractivity contribution < 1.29 is 9.18 Å². The average molecular weight is 391 g/mol. The molecule has 2 aliphatic rings. The van der Waals surface area contributed by atoms with Gasteiger partial charge in [0.1, 0.15) is 11.6 Å². The van der Waals surface area contributed by atoms with Crippen molar-refractivity contribution in [2.75, 3.05) is 13.1 Å². The quantitative estimate of drug-likeness (QED) is 0.854. The molecule has 2 bridgehead atoms. The Bertz CT molecular complexity index is 805. The molecule has 1 unspecified atom stereocenters. The number of aryl methyl sites for hydroxylation is 1. The molecule has 1 aromatic heterocycles. The molecule has 1 aromatic carbocycles. The van der Waals surface area contributed by atoms with Gasteiger partial charge in [0.2, 0.25) is 5.91 Å². The van der Waals surface area contributed by atoms with Crippen LogP contribution in [-0.2, 0) is 24.8 Å². The summed E-state index contributed by atoms with van der Waals surface area (Å²) in [5.41, 5.74) is 0.274. The van der Waals surface area contributed by atoms with Crippen molar-refractivity contribution in [1.82, 2.24) is 19.8 Å². The molecule has 1 N–H and O–H groups in total. The van der Waals surface area contributed by atoms with Crippen LogP contribution in [0.1, 0.15) is 24.2 Å². The van der Waals surface area contributed by atoms with Crippen molar-refractivity contribution in [3.05, 3.63) is 52.8 Å². The van der Waals surface area contributed by atoms with Gasteiger partial charge in [-0.15, -0.1) is 0 Å². The highest BCUT2D eigenvalue weighted by atomic mass is 35.5. The Balaban J connectivity index is 1.37. The summed E-state index contributed by atoms with van der Waals surface area (Å²) in [4.78, 5) is 19.4. The molecule has 2 heterocycles. The minimum absolute atomic E-state index is 0.0154. The van der Waals surface area contributed by atoms with E-state index in [1.807, 2.05) is 24.0 Å². The molecule has 4 rings (SSSR count). The van der Waals surface area contributed by atoms with E-state index in [-0.39, 0.29) is 23.9 Å². The van der Waals surface area contributed by atoms with Gasteiger partial charge >= 0.3 is 0 Å². The van der Waals surface area contributed by atoms with Gasteiger partial charge < -0.3 is 9.88 Å². The number of rotatable bonds is 5. The third kappa shape index (κ3) is 3.87. The summed E-state index contributed by atoms with van der Waals surface area (Å²) < 4.78 is 16.0. The largest absolute Gasteiger partial charge is 0.352 e. The Morgan fingerprint density at radius 3 is 2.70 bits per heavy atom. The molecule has 2 fully saturated rings. The molecule has 0 spiro atoms. The van der Waals surface area contributed by atoms with Crippen LogP contribution in [0.15, 0.2) is 30.6 Å². The maximum Gasteiger partial charge on any atom is 0.224 e. The van der Waals surface area contributed by atoms with Crippen molar-refractivity contribution in [2.45, 2.75) is 31.8 Å². The monoisotopic (exact) mass is 390 g/mol. The predicted molar refractivity (Wildman–Crippen MR) is 102 cm³/mol. The smallest absolute Gasteiger partial charge is 0.224 e. The Hall–Kier alpha value is -1.92. The fourth-order valence-corrected chi connectivity index (χ4v) is 4.76. The van der Waals surface area contributed by atoms with Crippen LogP contribution in [0, 0.1) is 17.7 Å². The molecule has 5 nitrogen and oxygen atoms in total. The number of aromatic nitrogens is 2. The summed E-state index contributed by atoms with van der Waals surface area (Å²) in [5, 5.41) is 3.47. The summed E-state index contributed by atoms with van der Waals surface area (Å²) in [7, 11) is 2.01. The summed E-state index contributed by atoms with van der Waals surface area (Å²) in [6, 6.07) is 4.68. The molecule has 3 atom stereocenters. The Morgan fingerprint density at radius 1 is 1.33 bits per heavy atom. The molecule has 7 heteroatoms. The molecular weight excluding hydrogens is 367 g/mol. The van der Waals surface area contributed by atoms with Crippen molar-refractivity contribution in [2.24, 2.45) is 18.9 Å². The van der Waals surface area contributed by atoms with Gasteiger partial charge in [-0.1, -0.05) is 17.7 Å². The van der Waals surface area contributed by atoms with Crippen LogP contribution in [0.4, 0.5) is 4.39 Å². The van der Waals surface area contributed by atoms with Crippen LogP contribution in [0.25, 0.3) is 0 Å². The van der Waals surface area contributed by atoms with E-state index in [4.69, 9.17) is 11.6 Å². The molecule has 1 aliphatic carbocycles. The first-order chi connectivity index (χ1) is 13.0. The highest BCUT2D eigenvalue weighted by Crippen LogP contribution is 2.37. The molecule has 1 saturated carbocycles. The summed E-state index contributed by atoms with van der Waals surface area (Å²) in [5.74, 6) is 1.35. The number of nitrogens with one attached hydrogen (secondary N) is 1. The lowest BCUT2D eigenvalue weighted by atomic mass is 9.91. The first kappa shape index (κ1) is 18.4. The molecule has 1 saturated heterocycles. The lowest BCUT2D eigenvalue weighted by Gasteiger charge is -2.38. The van der Waals surface area contributed by atoms with E-state index in [0.29, 0.717) is 16.9 Å². The van der Waals surface area contributed by atoms with Gasteiger partial charge in [0, 0.05) is 49.2 Å². The van der Waals surface area contributed by atoms with Crippen molar-refractivity contribution in [3.8, 4) is 0 Å². The molecule has 2 aromatic rings. The third-order valence-corrected chi connectivity index (χ3v) is 6.28. The molecular formula is C20H24ClFN4O. The normalized spacial score (nSPS) is 24.9. The van der Waals surface area contributed by atoms with Gasteiger partial charge in [0.15, 0.2) is 0 Å². The number of benzene rings is 1. The van der Waals surface area contributed by atoms with Crippen LogP contribution >= 0.6 is 11.6 Å². The SMILES string of the molecule is Cn1ccnc1CN1C[C@H]2CC[C@@H](C1)C2NC(=O)Cc1c(F)cccc1Cl. The number of hydrogen-bond acceptors (Lipinski definition) is 3. The van der Waals surface area contributed by atoms with Crippen molar-refractivity contribution in [3.63, 3.8) is 0 Å². The van der Waals surface area contributed by atoms with E-state index in [1.54, 1.807) is 12.1 Å². The second-order valence-corrected chi connectivity index (χ2v) is 8.12. The zero-order valence-corrected chi connectivity index (χ0v) is 16.1. The third-order valence-electron chi connectivity index (χ3n) is 5.92. The van der Waals surface area contributed by atoms with E-state index >= 15 is 0 Å². The first-order valence-corrected chi connectivity index (χ1v) is 9.80. The number of likely N-dealkylation sites (tertiary alicyclic amines) is 1. The number of imidazole rings is 1. The molecule has 27 heavy (non-hydrogen) atoms. The molecule has 1 aliphatic heterocycles.